The third-order valence-electron chi connectivity index (χ3n) is 2.68. The third kappa shape index (κ3) is 2.47. The van der Waals surface area contributed by atoms with E-state index in [-0.39, 0.29) is 11.4 Å². The van der Waals surface area contributed by atoms with Crippen LogP contribution in [0.1, 0.15) is 5.56 Å². The van der Waals surface area contributed by atoms with Gasteiger partial charge in [0.25, 0.3) is 0 Å². The van der Waals surface area contributed by atoms with Crippen LogP contribution in [0.5, 0.6) is 0 Å². The Bertz CT molecular complexity index is 349. The van der Waals surface area contributed by atoms with E-state index in [1.165, 1.54) is 12.1 Å². The summed E-state index contributed by atoms with van der Waals surface area (Å²) in [6.07, 6.45) is 0. The molecule has 82 valence electrons. The molecule has 1 unspecified atom stereocenters. The van der Waals surface area contributed by atoms with Crippen molar-refractivity contribution in [2.24, 2.45) is 0 Å². The van der Waals surface area contributed by atoms with Crippen LogP contribution in [0.2, 0.25) is 25.7 Å². The largest absolute Gasteiger partial charge is 0.365 e. The summed E-state index contributed by atoms with van der Waals surface area (Å²) in [5.41, 5.74) is 1.05. The Labute approximate surface area is 91.3 Å². The molecule has 1 nitrogen and oxygen atoms in total. The molecule has 0 radical (unpaired) electrons. The van der Waals surface area contributed by atoms with Crippen LogP contribution in [0.15, 0.2) is 24.3 Å². The van der Waals surface area contributed by atoms with E-state index in [0.717, 1.165) is 18.2 Å². The Balaban J connectivity index is 2.20. The average Bonchev–Trinajstić information content (AvgIpc) is 2.83. The summed E-state index contributed by atoms with van der Waals surface area (Å²) < 4.78 is 18.4. The van der Waals surface area contributed by atoms with Crippen LogP contribution in [0, 0.1) is 5.82 Å². The zero-order valence-corrected chi connectivity index (χ0v) is 10.5. The van der Waals surface area contributed by atoms with Crippen molar-refractivity contribution in [2.75, 3.05) is 6.61 Å². The molecule has 0 spiro atoms. The van der Waals surface area contributed by atoms with Crippen molar-refractivity contribution < 1.29 is 9.13 Å². The predicted octanol–water partition coefficient (Wildman–Crippen LogP) is 3.39. The SMILES string of the molecule is C[Si](C)(C)CC1(c2ccc(F)cc2)CO1. The van der Waals surface area contributed by atoms with Gasteiger partial charge in [-0.2, -0.15) is 0 Å². The van der Waals surface area contributed by atoms with Gasteiger partial charge in [0.2, 0.25) is 0 Å². The Morgan fingerprint density at radius 3 is 2.20 bits per heavy atom. The normalized spacial score (nSPS) is 25.3. The second-order valence-corrected chi connectivity index (χ2v) is 11.0. The summed E-state index contributed by atoms with van der Waals surface area (Å²) >= 11 is 0. The van der Waals surface area contributed by atoms with Gasteiger partial charge in [0.05, 0.1) is 6.61 Å². The highest BCUT2D eigenvalue weighted by molar-refractivity contribution is 6.76. The fourth-order valence-corrected chi connectivity index (χ4v) is 4.19. The minimum atomic E-state index is -1.15. The molecular weight excluding hydrogens is 207 g/mol. The molecule has 1 aliphatic rings. The summed E-state index contributed by atoms with van der Waals surface area (Å²) in [4.78, 5) is 0. The smallest absolute Gasteiger partial charge is 0.123 e. The van der Waals surface area contributed by atoms with Gasteiger partial charge in [-0.05, 0) is 23.7 Å². The third-order valence-corrected chi connectivity index (χ3v) is 4.31. The van der Waals surface area contributed by atoms with Gasteiger partial charge in [-0.1, -0.05) is 31.8 Å². The van der Waals surface area contributed by atoms with Gasteiger partial charge in [0.15, 0.2) is 0 Å². The highest BCUT2D eigenvalue weighted by atomic mass is 28.3. The van der Waals surface area contributed by atoms with E-state index in [1.54, 1.807) is 0 Å². The van der Waals surface area contributed by atoms with Crippen molar-refractivity contribution in [2.45, 2.75) is 31.3 Å². The van der Waals surface area contributed by atoms with Crippen molar-refractivity contribution in [3.8, 4) is 0 Å². The maximum absolute atomic E-state index is 12.8. The molecule has 1 fully saturated rings. The van der Waals surface area contributed by atoms with Gasteiger partial charge >= 0.3 is 0 Å². The summed E-state index contributed by atoms with van der Waals surface area (Å²) in [5, 5.41) is 0. The second-order valence-electron chi connectivity index (χ2n) is 5.53. The first-order chi connectivity index (χ1) is 6.91. The zero-order chi connectivity index (χ0) is 11.1. The molecule has 0 bridgehead atoms. The lowest BCUT2D eigenvalue weighted by molar-refractivity contribution is 0.327. The molecule has 15 heavy (non-hydrogen) atoms. The monoisotopic (exact) mass is 224 g/mol. The van der Waals surface area contributed by atoms with Crippen molar-refractivity contribution in [3.63, 3.8) is 0 Å². The first-order valence-corrected chi connectivity index (χ1v) is 9.02. The van der Waals surface area contributed by atoms with Crippen molar-refractivity contribution >= 4 is 8.07 Å². The van der Waals surface area contributed by atoms with Crippen molar-refractivity contribution in [1.29, 1.82) is 0 Å². The van der Waals surface area contributed by atoms with E-state index >= 15 is 0 Å². The van der Waals surface area contributed by atoms with Crippen LogP contribution in [-0.4, -0.2) is 14.7 Å². The Morgan fingerprint density at radius 1 is 1.27 bits per heavy atom. The lowest BCUT2D eigenvalue weighted by atomic mass is 10.0. The van der Waals surface area contributed by atoms with Crippen LogP contribution in [0.3, 0.4) is 0 Å². The summed E-state index contributed by atoms with van der Waals surface area (Å²) in [7, 11) is -1.15. The topological polar surface area (TPSA) is 12.5 Å². The number of halogens is 1. The lowest BCUT2D eigenvalue weighted by Crippen LogP contribution is -2.27. The first-order valence-electron chi connectivity index (χ1n) is 5.31. The predicted molar refractivity (Wildman–Crippen MR) is 62.2 cm³/mol. The van der Waals surface area contributed by atoms with E-state index in [1.807, 2.05) is 12.1 Å². The molecule has 3 heteroatoms. The average molecular weight is 224 g/mol. The maximum atomic E-state index is 12.8. The lowest BCUT2D eigenvalue weighted by Gasteiger charge is -2.21. The summed E-state index contributed by atoms with van der Waals surface area (Å²) in [6, 6.07) is 7.85. The Hall–Kier alpha value is -0.673. The van der Waals surface area contributed by atoms with Crippen LogP contribution < -0.4 is 0 Å². The number of hydrogen-bond donors (Lipinski definition) is 0. The van der Waals surface area contributed by atoms with Crippen molar-refractivity contribution in [1.82, 2.24) is 0 Å². The fourth-order valence-electron chi connectivity index (χ4n) is 2.07. The number of hydrogen-bond acceptors (Lipinski definition) is 1. The second kappa shape index (κ2) is 3.42. The van der Waals surface area contributed by atoms with Crippen LogP contribution in [0.25, 0.3) is 0 Å². The molecule has 2 rings (SSSR count). The van der Waals surface area contributed by atoms with E-state index < -0.39 is 8.07 Å². The number of epoxide rings is 1. The molecule has 1 aromatic rings. The highest BCUT2D eigenvalue weighted by Crippen LogP contribution is 2.45. The van der Waals surface area contributed by atoms with Gasteiger partial charge in [-0.3, -0.25) is 0 Å². The molecule has 1 heterocycles. The minimum absolute atomic E-state index is 0.0851. The molecule has 0 aromatic heterocycles. The molecule has 0 amide bonds. The van der Waals surface area contributed by atoms with Crippen LogP contribution >= 0.6 is 0 Å². The minimum Gasteiger partial charge on any atom is -0.365 e. The molecule has 0 N–H and O–H groups in total. The molecule has 1 aliphatic heterocycles. The molecule has 1 aromatic carbocycles. The van der Waals surface area contributed by atoms with E-state index in [2.05, 4.69) is 19.6 Å². The molecule has 0 aliphatic carbocycles. The number of ether oxygens (including phenoxy) is 1. The van der Waals surface area contributed by atoms with Crippen molar-refractivity contribution in [3.05, 3.63) is 35.6 Å². The van der Waals surface area contributed by atoms with Gasteiger partial charge in [-0.25, -0.2) is 4.39 Å². The standard InChI is InChI=1S/C12H17FOSi/c1-15(2,3)9-12(8-14-12)10-4-6-11(13)7-5-10/h4-7H,8-9H2,1-3H3. The zero-order valence-electron chi connectivity index (χ0n) is 9.51. The highest BCUT2D eigenvalue weighted by Gasteiger charge is 2.48. The molecular formula is C12H17FOSi. The fraction of sp³-hybridized carbons (Fsp3) is 0.500. The van der Waals surface area contributed by atoms with E-state index in [0.29, 0.717) is 0 Å². The van der Waals surface area contributed by atoms with Crippen LogP contribution in [-0.2, 0) is 10.3 Å². The van der Waals surface area contributed by atoms with Gasteiger partial charge in [0.1, 0.15) is 11.4 Å². The van der Waals surface area contributed by atoms with Gasteiger partial charge in [0, 0.05) is 8.07 Å². The first kappa shape index (κ1) is 10.8. The summed E-state index contributed by atoms with van der Waals surface area (Å²) in [5.74, 6) is -0.178. The summed E-state index contributed by atoms with van der Waals surface area (Å²) in [6.45, 7) is 7.79. The Morgan fingerprint density at radius 2 is 1.80 bits per heavy atom. The van der Waals surface area contributed by atoms with Gasteiger partial charge in [-0.15, -0.1) is 0 Å². The molecule has 1 saturated heterocycles. The van der Waals surface area contributed by atoms with E-state index in [9.17, 15) is 4.39 Å². The number of rotatable bonds is 3. The Kier molecular flexibility index (Phi) is 2.47. The quantitative estimate of drug-likeness (QED) is 0.566. The van der Waals surface area contributed by atoms with Crippen LogP contribution in [0.4, 0.5) is 4.39 Å². The van der Waals surface area contributed by atoms with Gasteiger partial charge < -0.3 is 4.74 Å². The maximum Gasteiger partial charge on any atom is 0.123 e. The molecule has 1 atom stereocenters. The molecule has 0 saturated carbocycles. The van der Waals surface area contributed by atoms with E-state index in [4.69, 9.17) is 4.74 Å². The number of benzene rings is 1.